The molecule has 0 amide bonds. The summed E-state index contributed by atoms with van der Waals surface area (Å²) in [6.07, 6.45) is 5.83. The maximum Gasteiger partial charge on any atom is 0.140 e. The lowest BCUT2D eigenvalue weighted by atomic mass is 9.79. The number of aromatic nitrogens is 3. The molecule has 0 N–H and O–H groups in total. The van der Waals surface area contributed by atoms with Crippen LogP contribution in [0.1, 0.15) is 69.6 Å². The van der Waals surface area contributed by atoms with Gasteiger partial charge >= 0.3 is 0 Å². The van der Waals surface area contributed by atoms with E-state index in [0.717, 1.165) is 61.4 Å². The zero-order chi connectivity index (χ0) is 18.5. The molecule has 0 bridgehead atoms. The van der Waals surface area contributed by atoms with Gasteiger partial charge in [0.1, 0.15) is 17.5 Å². The number of benzene rings is 1. The highest BCUT2D eigenvalue weighted by atomic mass is 19.1. The smallest absolute Gasteiger partial charge is 0.140 e. The van der Waals surface area contributed by atoms with E-state index in [1.54, 1.807) is 19.2 Å². The van der Waals surface area contributed by atoms with E-state index in [9.17, 15) is 4.39 Å². The molecule has 2 aliphatic rings. The summed E-state index contributed by atoms with van der Waals surface area (Å²) in [4.78, 5) is 0. The third-order valence-electron chi connectivity index (χ3n) is 6.24. The molecule has 0 saturated heterocycles. The molecule has 0 atom stereocenters. The second-order valence-corrected chi connectivity index (χ2v) is 9.03. The molecule has 4 nitrogen and oxygen atoms in total. The quantitative estimate of drug-likeness (QED) is 0.789. The lowest BCUT2D eigenvalue weighted by Gasteiger charge is -2.35. The topological polar surface area (TPSA) is 39.9 Å². The standard InChI is InChI=1S/C21H28FN3O/c1-20(2)12-15-11-16(22)5-6-17(15)25-18(13-20)23-24-19(25)14-7-9-21(3,26-4)10-8-14/h5-6,11,14H,7-10,12-13H2,1-4H3/t14-,21-. The van der Waals surface area contributed by atoms with Gasteiger partial charge in [-0.1, -0.05) is 13.8 Å². The highest BCUT2D eigenvalue weighted by Crippen LogP contribution is 2.41. The van der Waals surface area contributed by atoms with E-state index in [2.05, 4.69) is 35.5 Å². The van der Waals surface area contributed by atoms with Gasteiger partial charge in [0.15, 0.2) is 0 Å². The molecule has 1 saturated carbocycles. The normalized spacial score (nSPS) is 27.5. The largest absolute Gasteiger partial charge is 0.379 e. The number of hydrogen-bond acceptors (Lipinski definition) is 3. The number of rotatable bonds is 2. The van der Waals surface area contributed by atoms with Crippen molar-refractivity contribution in [2.75, 3.05) is 7.11 Å². The van der Waals surface area contributed by atoms with Crippen molar-refractivity contribution < 1.29 is 9.13 Å². The molecule has 1 aliphatic carbocycles. The SMILES string of the molecule is CO[C@]1(C)CC[C@@H](c2nnc3n2-c2ccc(F)cc2CC(C)(C)C3)CC1. The Labute approximate surface area is 154 Å². The van der Waals surface area contributed by atoms with Gasteiger partial charge in [-0.15, -0.1) is 10.2 Å². The van der Waals surface area contributed by atoms with Gasteiger partial charge in [-0.25, -0.2) is 4.39 Å². The van der Waals surface area contributed by atoms with Crippen LogP contribution < -0.4 is 0 Å². The van der Waals surface area contributed by atoms with Gasteiger partial charge < -0.3 is 4.74 Å². The molecular formula is C21H28FN3O. The van der Waals surface area contributed by atoms with Crippen molar-refractivity contribution in [1.82, 2.24) is 14.8 Å². The monoisotopic (exact) mass is 357 g/mol. The molecule has 1 aromatic carbocycles. The first-order chi connectivity index (χ1) is 12.3. The van der Waals surface area contributed by atoms with Gasteiger partial charge in [-0.3, -0.25) is 4.57 Å². The fourth-order valence-electron chi connectivity index (χ4n) is 4.58. The molecule has 1 fully saturated rings. The maximum atomic E-state index is 13.9. The first-order valence-corrected chi connectivity index (χ1v) is 9.58. The van der Waals surface area contributed by atoms with E-state index in [1.807, 2.05) is 6.07 Å². The van der Waals surface area contributed by atoms with E-state index in [1.165, 1.54) is 0 Å². The Hall–Kier alpha value is -1.75. The molecule has 1 aliphatic heterocycles. The molecule has 0 spiro atoms. The van der Waals surface area contributed by atoms with Gasteiger partial charge in [-0.2, -0.15) is 0 Å². The second kappa shape index (κ2) is 6.15. The van der Waals surface area contributed by atoms with E-state index in [0.29, 0.717) is 5.92 Å². The molecule has 2 heterocycles. The second-order valence-electron chi connectivity index (χ2n) is 9.03. The number of methoxy groups -OCH3 is 1. The summed E-state index contributed by atoms with van der Waals surface area (Å²) in [5.41, 5.74) is 2.10. The minimum absolute atomic E-state index is 0.0266. The molecule has 0 unspecified atom stereocenters. The van der Waals surface area contributed by atoms with E-state index in [4.69, 9.17) is 4.74 Å². The number of hydrogen-bond donors (Lipinski definition) is 0. The van der Waals surface area contributed by atoms with E-state index in [-0.39, 0.29) is 16.8 Å². The average Bonchev–Trinajstić information content (AvgIpc) is 2.93. The Kier molecular flexibility index (Phi) is 4.18. The van der Waals surface area contributed by atoms with Crippen molar-refractivity contribution >= 4 is 0 Å². The lowest BCUT2D eigenvalue weighted by molar-refractivity contribution is -0.0277. The zero-order valence-electron chi connectivity index (χ0n) is 16.2. The average molecular weight is 357 g/mol. The molecule has 26 heavy (non-hydrogen) atoms. The van der Waals surface area contributed by atoms with Gasteiger partial charge in [0, 0.05) is 19.4 Å². The highest BCUT2D eigenvalue weighted by Gasteiger charge is 2.36. The fraction of sp³-hybridized carbons (Fsp3) is 0.619. The summed E-state index contributed by atoms with van der Waals surface area (Å²) < 4.78 is 21.8. The van der Waals surface area contributed by atoms with Crippen molar-refractivity contribution in [3.63, 3.8) is 0 Å². The van der Waals surface area contributed by atoms with Gasteiger partial charge in [-0.05, 0) is 68.2 Å². The Balaban J connectivity index is 1.76. The minimum atomic E-state index is -0.175. The van der Waals surface area contributed by atoms with Gasteiger partial charge in [0.2, 0.25) is 0 Å². The zero-order valence-corrected chi connectivity index (χ0v) is 16.2. The van der Waals surface area contributed by atoms with Crippen LogP contribution in [-0.2, 0) is 17.6 Å². The van der Waals surface area contributed by atoms with Crippen LogP contribution in [0.4, 0.5) is 4.39 Å². The molecule has 2 aromatic rings. The Bertz CT molecular complexity index is 819. The first-order valence-electron chi connectivity index (χ1n) is 9.58. The van der Waals surface area contributed by atoms with Crippen LogP contribution in [0.2, 0.25) is 0 Å². The van der Waals surface area contributed by atoms with Crippen molar-refractivity contribution in [1.29, 1.82) is 0 Å². The van der Waals surface area contributed by atoms with E-state index < -0.39 is 0 Å². The summed E-state index contributed by atoms with van der Waals surface area (Å²) in [6.45, 7) is 6.63. The van der Waals surface area contributed by atoms with Crippen LogP contribution in [0.5, 0.6) is 0 Å². The van der Waals surface area contributed by atoms with Crippen LogP contribution in [-0.4, -0.2) is 27.5 Å². The van der Waals surface area contributed by atoms with Crippen molar-refractivity contribution in [2.45, 2.75) is 70.8 Å². The van der Waals surface area contributed by atoms with Crippen LogP contribution >= 0.6 is 0 Å². The summed E-state index contributed by atoms with van der Waals surface area (Å²) in [6, 6.07) is 5.12. The Morgan fingerprint density at radius 3 is 2.54 bits per heavy atom. The maximum absolute atomic E-state index is 13.9. The molecule has 5 heteroatoms. The Morgan fingerprint density at radius 1 is 1.12 bits per heavy atom. The third kappa shape index (κ3) is 3.07. The predicted molar refractivity (Wildman–Crippen MR) is 99.1 cm³/mol. The number of ether oxygens (including phenoxy) is 1. The summed E-state index contributed by atoms with van der Waals surface area (Å²) in [7, 11) is 1.80. The number of nitrogens with zero attached hydrogens (tertiary/aromatic N) is 3. The van der Waals surface area contributed by atoms with Crippen molar-refractivity contribution in [3.8, 4) is 5.69 Å². The lowest BCUT2D eigenvalue weighted by Crippen LogP contribution is -2.32. The summed E-state index contributed by atoms with van der Waals surface area (Å²) >= 11 is 0. The first kappa shape index (κ1) is 17.7. The van der Waals surface area contributed by atoms with Gasteiger partial charge in [0.05, 0.1) is 11.3 Å². The molecule has 0 radical (unpaired) electrons. The van der Waals surface area contributed by atoms with Crippen molar-refractivity contribution in [3.05, 3.63) is 41.2 Å². The molecule has 4 rings (SSSR count). The predicted octanol–water partition coefficient (Wildman–Crippen LogP) is 4.59. The molecule has 1 aromatic heterocycles. The van der Waals surface area contributed by atoms with Crippen molar-refractivity contribution in [2.24, 2.45) is 5.41 Å². The fourth-order valence-corrected chi connectivity index (χ4v) is 4.58. The molecular weight excluding hydrogens is 329 g/mol. The van der Waals surface area contributed by atoms with E-state index >= 15 is 0 Å². The van der Waals surface area contributed by atoms with Crippen LogP contribution in [0.25, 0.3) is 5.69 Å². The van der Waals surface area contributed by atoms with Crippen LogP contribution in [0.15, 0.2) is 18.2 Å². The highest BCUT2D eigenvalue weighted by molar-refractivity contribution is 5.45. The van der Waals surface area contributed by atoms with Gasteiger partial charge in [0.25, 0.3) is 0 Å². The number of halogens is 1. The number of fused-ring (bicyclic) bond motifs is 3. The minimum Gasteiger partial charge on any atom is -0.379 e. The van der Waals surface area contributed by atoms with Crippen LogP contribution in [0, 0.1) is 11.2 Å². The third-order valence-corrected chi connectivity index (χ3v) is 6.24. The van der Waals surface area contributed by atoms with Crippen LogP contribution in [0.3, 0.4) is 0 Å². The summed E-state index contributed by atoms with van der Waals surface area (Å²) in [5.74, 6) is 2.23. The molecule has 140 valence electrons. The Morgan fingerprint density at radius 2 is 1.85 bits per heavy atom. The summed E-state index contributed by atoms with van der Waals surface area (Å²) in [5, 5.41) is 9.16.